The van der Waals surface area contributed by atoms with Crippen LogP contribution in [0.4, 0.5) is 5.82 Å². The predicted molar refractivity (Wildman–Crippen MR) is 71.4 cm³/mol. The van der Waals surface area contributed by atoms with Crippen molar-refractivity contribution < 1.29 is 9.21 Å². The number of nitrogens with two attached hydrogens (primary N) is 1. The Morgan fingerprint density at radius 2 is 2.26 bits per heavy atom. The van der Waals surface area contributed by atoms with E-state index in [-0.39, 0.29) is 11.9 Å². The van der Waals surface area contributed by atoms with Crippen molar-refractivity contribution in [1.82, 2.24) is 10.3 Å². The first-order chi connectivity index (χ1) is 9.19. The Morgan fingerprint density at radius 3 is 2.95 bits per heavy atom. The van der Waals surface area contributed by atoms with Gasteiger partial charge in [0.05, 0.1) is 6.26 Å². The lowest BCUT2D eigenvalue weighted by Crippen LogP contribution is -2.34. The third kappa shape index (κ3) is 3.56. The highest BCUT2D eigenvalue weighted by Crippen LogP contribution is 2.06. The molecule has 0 spiro atoms. The molecule has 2 rings (SSSR count). The molecular weight excluding hydrogens is 244 g/mol. The molecule has 0 aliphatic rings. The minimum atomic E-state index is -0.240. The van der Waals surface area contributed by atoms with Gasteiger partial charge in [-0.2, -0.15) is 0 Å². The second-order valence-electron chi connectivity index (χ2n) is 4.21. The maximum Gasteiger partial charge on any atom is 0.270 e. The Morgan fingerprint density at radius 1 is 1.42 bits per heavy atom. The van der Waals surface area contributed by atoms with Crippen molar-refractivity contribution in [2.75, 3.05) is 5.43 Å². The van der Waals surface area contributed by atoms with Gasteiger partial charge < -0.3 is 15.2 Å². The Bertz CT molecular complexity index is 539. The Hall–Kier alpha value is -2.34. The average molecular weight is 260 g/mol. The summed E-state index contributed by atoms with van der Waals surface area (Å²) >= 11 is 0. The summed E-state index contributed by atoms with van der Waals surface area (Å²) in [5.74, 6) is 6.30. The molecule has 2 aromatic heterocycles. The lowest BCUT2D eigenvalue weighted by atomic mass is 10.2. The third-order valence-electron chi connectivity index (χ3n) is 2.59. The molecule has 0 aliphatic heterocycles. The van der Waals surface area contributed by atoms with Gasteiger partial charge in [-0.05, 0) is 31.2 Å². The third-order valence-corrected chi connectivity index (χ3v) is 2.59. The molecule has 0 bridgehead atoms. The number of furan rings is 1. The molecule has 0 saturated carbocycles. The van der Waals surface area contributed by atoms with Crippen LogP contribution in [0.15, 0.2) is 41.0 Å². The number of amides is 1. The Kier molecular flexibility index (Phi) is 4.15. The van der Waals surface area contributed by atoms with Crippen LogP contribution in [-0.2, 0) is 6.42 Å². The topological polar surface area (TPSA) is 93.2 Å². The normalized spacial score (nSPS) is 11.9. The summed E-state index contributed by atoms with van der Waals surface area (Å²) in [6.45, 7) is 1.91. The number of carbonyl (C=O) groups is 1. The molecule has 19 heavy (non-hydrogen) atoms. The van der Waals surface area contributed by atoms with Crippen molar-refractivity contribution in [1.29, 1.82) is 0 Å². The van der Waals surface area contributed by atoms with Gasteiger partial charge in [0.2, 0.25) is 0 Å². The Labute approximate surface area is 111 Å². The molecule has 4 N–H and O–H groups in total. The van der Waals surface area contributed by atoms with E-state index >= 15 is 0 Å². The first kappa shape index (κ1) is 13.1. The number of carbonyl (C=O) groups excluding carboxylic acids is 1. The van der Waals surface area contributed by atoms with Gasteiger partial charge in [-0.3, -0.25) is 4.79 Å². The molecule has 1 unspecified atom stereocenters. The van der Waals surface area contributed by atoms with Crippen LogP contribution in [0.2, 0.25) is 0 Å². The summed E-state index contributed by atoms with van der Waals surface area (Å²) < 4.78 is 5.23. The van der Waals surface area contributed by atoms with Crippen LogP contribution >= 0.6 is 0 Å². The largest absolute Gasteiger partial charge is 0.469 e. The number of pyridine rings is 1. The molecule has 2 aromatic rings. The van der Waals surface area contributed by atoms with E-state index in [1.165, 1.54) is 0 Å². The summed E-state index contributed by atoms with van der Waals surface area (Å²) in [6, 6.07) is 8.68. The van der Waals surface area contributed by atoms with Crippen LogP contribution in [0.25, 0.3) is 0 Å². The van der Waals surface area contributed by atoms with Gasteiger partial charge in [0.15, 0.2) is 0 Å². The van der Waals surface area contributed by atoms with Crippen molar-refractivity contribution in [3.8, 4) is 0 Å². The first-order valence-electron chi connectivity index (χ1n) is 5.96. The van der Waals surface area contributed by atoms with E-state index < -0.39 is 0 Å². The second-order valence-corrected chi connectivity index (χ2v) is 4.21. The molecule has 0 aromatic carbocycles. The minimum absolute atomic E-state index is 0.0464. The van der Waals surface area contributed by atoms with Gasteiger partial charge in [0, 0.05) is 12.5 Å². The molecular formula is C13H16N4O2. The number of hydrazine groups is 1. The standard InChI is InChI=1S/C13H16N4O2/c1-9(8-10-4-3-7-19-10)15-13(18)11-5-2-6-12(16-11)17-14/h2-7,9H,8,14H2,1H3,(H,15,18)(H,16,17). The fourth-order valence-electron chi connectivity index (χ4n) is 1.72. The summed E-state index contributed by atoms with van der Waals surface area (Å²) in [6.07, 6.45) is 2.25. The average Bonchev–Trinajstić information content (AvgIpc) is 2.91. The molecule has 2 heterocycles. The molecule has 0 fully saturated rings. The van der Waals surface area contributed by atoms with Crippen LogP contribution in [0.1, 0.15) is 23.2 Å². The number of nitrogens with zero attached hydrogens (tertiary/aromatic N) is 1. The quantitative estimate of drug-likeness (QED) is 0.557. The van der Waals surface area contributed by atoms with E-state index in [9.17, 15) is 4.79 Å². The number of hydrogen-bond donors (Lipinski definition) is 3. The highest BCUT2D eigenvalue weighted by atomic mass is 16.3. The number of nitrogen functional groups attached to an aromatic ring is 1. The van der Waals surface area contributed by atoms with Crippen molar-refractivity contribution in [3.05, 3.63) is 48.0 Å². The summed E-state index contributed by atoms with van der Waals surface area (Å²) in [4.78, 5) is 16.0. The minimum Gasteiger partial charge on any atom is -0.469 e. The Balaban J connectivity index is 1.96. The van der Waals surface area contributed by atoms with Crippen molar-refractivity contribution in [2.24, 2.45) is 5.84 Å². The van der Waals surface area contributed by atoms with E-state index in [0.29, 0.717) is 17.9 Å². The predicted octanol–water partition coefficient (Wildman–Crippen LogP) is 1.32. The van der Waals surface area contributed by atoms with Crippen LogP contribution in [-0.4, -0.2) is 16.9 Å². The molecule has 6 heteroatoms. The highest BCUT2D eigenvalue weighted by Gasteiger charge is 2.12. The SMILES string of the molecule is CC(Cc1ccco1)NC(=O)c1cccc(NN)n1. The van der Waals surface area contributed by atoms with Gasteiger partial charge in [0.25, 0.3) is 5.91 Å². The molecule has 0 aliphatic carbocycles. The molecule has 6 nitrogen and oxygen atoms in total. The van der Waals surface area contributed by atoms with Gasteiger partial charge >= 0.3 is 0 Å². The van der Waals surface area contributed by atoms with Crippen molar-refractivity contribution in [3.63, 3.8) is 0 Å². The number of rotatable bonds is 5. The maximum atomic E-state index is 12.0. The lowest BCUT2D eigenvalue weighted by molar-refractivity contribution is 0.0934. The fraction of sp³-hybridized carbons (Fsp3) is 0.231. The van der Waals surface area contributed by atoms with Crippen LogP contribution < -0.4 is 16.6 Å². The van der Waals surface area contributed by atoms with Crippen molar-refractivity contribution in [2.45, 2.75) is 19.4 Å². The molecule has 100 valence electrons. The van der Waals surface area contributed by atoms with E-state index in [1.54, 1.807) is 24.5 Å². The van der Waals surface area contributed by atoms with Crippen molar-refractivity contribution >= 4 is 11.7 Å². The number of nitrogens with one attached hydrogen (secondary N) is 2. The maximum absolute atomic E-state index is 12.0. The van der Waals surface area contributed by atoms with Gasteiger partial charge in [0.1, 0.15) is 17.3 Å². The van der Waals surface area contributed by atoms with E-state index in [0.717, 1.165) is 5.76 Å². The zero-order valence-electron chi connectivity index (χ0n) is 10.6. The first-order valence-corrected chi connectivity index (χ1v) is 5.96. The van der Waals surface area contributed by atoms with Gasteiger partial charge in [-0.25, -0.2) is 10.8 Å². The van der Waals surface area contributed by atoms with Crippen LogP contribution in [0, 0.1) is 0 Å². The molecule has 0 saturated heterocycles. The molecule has 1 atom stereocenters. The van der Waals surface area contributed by atoms with E-state index in [4.69, 9.17) is 10.3 Å². The summed E-state index contributed by atoms with van der Waals surface area (Å²) in [5.41, 5.74) is 2.73. The monoisotopic (exact) mass is 260 g/mol. The lowest BCUT2D eigenvalue weighted by Gasteiger charge is -2.12. The van der Waals surface area contributed by atoms with Crippen LogP contribution in [0.5, 0.6) is 0 Å². The number of anilines is 1. The fourth-order valence-corrected chi connectivity index (χ4v) is 1.72. The van der Waals surface area contributed by atoms with Gasteiger partial charge in [-0.15, -0.1) is 0 Å². The smallest absolute Gasteiger partial charge is 0.270 e. The zero-order valence-corrected chi connectivity index (χ0v) is 10.6. The number of aromatic nitrogens is 1. The van der Waals surface area contributed by atoms with Crippen LogP contribution in [0.3, 0.4) is 0 Å². The second kappa shape index (κ2) is 6.01. The summed E-state index contributed by atoms with van der Waals surface area (Å²) in [5, 5.41) is 2.86. The van der Waals surface area contributed by atoms with E-state index in [1.807, 2.05) is 19.1 Å². The highest BCUT2D eigenvalue weighted by molar-refractivity contribution is 5.92. The van der Waals surface area contributed by atoms with Gasteiger partial charge in [-0.1, -0.05) is 6.07 Å². The summed E-state index contributed by atoms with van der Waals surface area (Å²) in [7, 11) is 0. The molecule has 1 amide bonds. The number of hydrogen-bond acceptors (Lipinski definition) is 5. The zero-order chi connectivity index (χ0) is 13.7. The molecule has 0 radical (unpaired) electrons. The van der Waals surface area contributed by atoms with E-state index in [2.05, 4.69) is 15.7 Å².